The molecule has 5 N–H and O–H groups in total. The lowest BCUT2D eigenvalue weighted by Crippen LogP contribution is -2.29. The molecule has 0 unspecified atom stereocenters. The van der Waals surface area contributed by atoms with Crippen LogP contribution in [0.15, 0.2) is 29.4 Å². The van der Waals surface area contributed by atoms with Crippen molar-refractivity contribution >= 4 is 21.7 Å². The minimum absolute atomic E-state index is 0.0846. The Morgan fingerprint density at radius 1 is 1.53 bits per heavy atom. The Morgan fingerprint density at radius 3 is 2.89 bits per heavy atom. The number of amidine groups is 1. The normalized spacial score (nSPS) is 12.2. The van der Waals surface area contributed by atoms with E-state index in [1.54, 1.807) is 25.1 Å². The van der Waals surface area contributed by atoms with E-state index < -0.39 is 10.2 Å². The molecule has 0 aliphatic carbocycles. The van der Waals surface area contributed by atoms with Crippen molar-refractivity contribution in [1.82, 2.24) is 4.72 Å². The van der Waals surface area contributed by atoms with Gasteiger partial charge in [0.15, 0.2) is 5.84 Å². The highest BCUT2D eigenvalue weighted by Crippen LogP contribution is 2.17. The van der Waals surface area contributed by atoms with Crippen molar-refractivity contribution in [1.29, 1.82) is 0 Å². The van der Waals surface area contributed by atoms with Gasteiger partial charge in [-0.15, -0.1) is 0 Å². The molecule has 0 heterocycles. The highest BCUT2D eigenvalue weighted by molar-refractivity contribution is 7.90. The molecule has 0 aromatic heterocycles. The largest absolute Gasteiger partial charge is 0.485 e. The molecule has 9 heteroatoms. The molecule has 0 amide bonds. The molecule has 1 aromatic carbocycles. The minimum atomic E-state index is -3.58. The Bertz CT molecular complexity index is 544. The molecule has 19 heavy (non-hydrogen) atoms. The van der Waals surface area contributed by atoms with Gasteiger partial charge in [0.1, 0.15) is 12.4 Å². The molecule has 0 fully saturated rings. The Labute approximate surface area is 111 Å². The van der Waals surface area contributed by atoms with Crippen LogP contribution in [0.25, 0.3) is 0 Å². The zero-order chi connectivity index (χ0) is 14.3. The summed E-state index contributed by atoms with van der Waals surface area (Å²) in [6.45, 7) is 1.87. The van der Waals surface area contributed by atoms with Crippen LogP contribution in [0.2, 0.25) is 0 Å². The van der Waals surface area contributed by atoms with Gasteiger partial charge in [0.2, 0.25) is 0 Å². The van der Waals surface area contributed by atoms with E-state index in [0.29, 0.717) is 11.4 Å². The van der Waals surface area contributed by atoms with Crippen molar-refractivity contribution in [2.75, 3.05) is 17.9 Å². The van der Waals surface area contributed by atoms with Gasteiger partial charge in [-0.25, -0.2) is 0 Å². The molecule has 106 valence electrons. The lowest BCUT2D eigenvalue weighted by Gasteiger charge is -2.10. The minimum Gasteiger partial charge on any atom is -0.485 e. The Hall–Kier alpha value is -2.00. The van der Waals surface area contributed by atoms with Crippen LogP contribution >= 0.6 is 0 Å². The van der Waals surface area contributed by atoms with Crippen LogP contribution in [0.5, 0.6) is 5.75 Å². The van der Waals surface area contributed by atoms with Gasteiger partial charge >= 0.3 is 0 Å². The molecular weight excluding hydrogens is 272 g/mol. The Kier molecular flexibility index (Phi) is 5.39. The number of oxime groups is 1. The van der Waals surface area contributed by atoms with Crippen molar-refractivity contribution in [3.05, 3.63) is 24.3 Å². The molecule has 0 aliphatic rings. The van der Waals surface area contributed by atoms with Crippen molar-refractivity contribution < 1.29 is 18.4 Å². The topological polar surface area (TPSA) is 126 Å². The summed E-state index contributed by atoms with van der Waals surface area (Å²) >= 11 is 0. The van der Waals surface area contributed by atoms with E-state index in [1.165, 1.54) is 6.07 Å². The molecule has 0 bridgehead atoms. The van der Waals surface area contributed by atoms with Crippen LogP contribution in [-0.2, 0) is 10.2 Å². The van der Waals surface area contributed by atoms with Gasteiger partial charge in [0.05, 0.1) is 5.69 Å². The summed E-state index contributed by atoms with van der Waals surface area (Å²) in [6.07, 6.45) is 0. The summed E-state index contributed by atoms with van der Waals surface area (Å²) < 4.78 is 32.8. The number of ether oxygens (including phenoxy) is 1. The number of nitrogens with two attached hydrogens (primary N) is 1. The van der Waals surface area contributed by atoms with Gasteiger partial charge in [0.25, 0.3) is 10.2 Å². The standard InChI is InChI=1S/C10H16N4O4S/c1-2-12-19(16,17)14-8-4-3-5-9(6-8)18-7-10(11)13-15/h3-6,12,14-15H,2,7H2,1H3,(H2,11,13). The van der Waals surface area contributed by atoms with E-state index >= 15 is 0 Å². The molecule has 0 aliphatic heterocycles. The van der Waals surface area contributed by atoms with Crippen LogP contribution in [0.3, 0.4) is 0 Å². The number of hydrogen-bond acceptors (Lipinski definition) is 5. The fourth-order valence-corrected chi connectivity index (χ4v) is 2.11. The molecule has 0 atom stereocenters. The second-order valence-corrected chi connectivity index (χ2v) is 5.01. The summed E-state index contributed by atoms with van der Waals surface area (Å²) in [5.74, 6) is 0.307. The summed E-state index contributed by atoms with van der Waals surface area (Å²) in [6, 6.07) is 6.30. The highest BCUT2D eigenvalue weighted by Gasteiger charge is 2.08. The van der Waals surface area contributed by atoms with E-state index in [1.807, 2.05) is 0 Å². The first-order valence-electron chi connectivity index (χ1n) is 5.43. The second-order valence-electron chi connectivity index (χ2n) is 3.51. The quantitative estimate of drug-likeness (QED) is 0.244. The number of benzene rings is 1. The van der Waals surface area contributed by atoms with Gasteiger partial charge in [-0.3, -0.25) is 4.72 Å². The number of nitrogens with zero attached hydrogens (tertiary/aromatic N) is 1. The fourth-order valence-electron chi connectivity index (χ4n) is 1.22. The zero-order valence-corrected chi connectivity index (χ0v) is 11.1. The maximum Gasteiger partial charge on any atom is 0.299 e. The van der Waals surface area contributed by atoms with Crippen molar-refractivity contribution in [3.8, 4) is 5.75 Å². The van der Waals surface area contributed by atoms with E-state index in [-0.39, 0.29) is 19.0 Å². The van der Waals surface area contributed by atoms with Gasteiger partial charge in [-0.2, -0.15) is 13.1 Å². The number of hydrogen-bond donors (Lipinski definition) is 4. The molecular formula is C10H16N4O4S. The van der Waals surface area contributed by atoms with E-state index in [4.69, 9.17) is 15.7 Å². The molecule has 8 nitrogen and oxygen atoms in total. The number of nitrogens with one attached hydrogen (secondary N) is 2. The first-order chi connectivity index (χ1) is 8.96. The molecule has 1 aromatic rings. The first kappa shape index (κ1) is 15.1. The summed E-state index contributed by atoms with van der Waals surface area (Å²) in [4.78, 5) is 0. The summed E-state index contributed by atoms with van der Waals surface area (Å²) in [5.41, 5.74) is 5.60. The van der Waals surface area contributed by atoms with Crippen LogP contribution in [-0.4, -0.2) is 32.6 Å². The van der Waals surface area contributed by atoms with Gasteiger partial charge < -0.3 is 15.7 Å². The van der Waals surface area contributed by atoms with Crippen LogP contribution in [0.1, 0.15) is 6.92 Å². The van der Waals surface area contributed by atoms with Crippen molar-refractivity contribution in [3.63, 3.8) is 0 Å². The van der Waals surface area contributed by atoms with Crippen molar-refractivity contribution in [2.45, 2.75) is 6.92 Å². The van der Waals surface area contributed by atoms with E-state index in [2.05, 4.69) is 14.6 Å². The zero-order valence-electron chi connectivity index (χ0n) is 10.3. The third kappa shape index (κ3) is 5.44. The monoisotopic (exact) mass is 288 g/mol. The van der Waals surface area contributed by atoms with E-state index in [0.717, 1.165) is 0 Å². The molecule has 0 saturated heterocycles. The predicted octanol–water partition coefficient (Wildman–Crippen LogP) is 0.0780. The van der Waals surface area contributed by atoms with Crippen LogP contribution in [0, 0.1) is 0 Å². The Balaban J connectivity index is 2.72. The fraction of sp³-hybridized carbons (Fsp3) is 0.300. The van der Waals surface area contributed by atoms with Crippen LogP contribution in [0.4, 0.5) is 5.69 Å². The third-order valence-corrected chi connectivity index (χ3v) is 3.11. The predicted molar refractivity (Wildman–Crippen MR) is 71.6 cm³/mol. The SMILES string of the molecule is CCNS(=O)(=O)Nc1cccc(OC/C(N)=N/O)c1. The summed E-state index contributed by atoms with van der Waals surface area (Å²) in [7, 11) is -3.58. The van der Waals surface area contributed by atoms with E-state index in [9.17, 15) is 8.42 Å². The number of anilines is 1. The first-order valence-corrected chi connectivity index (χ1v) is 6.92. The molecule has 0 spiro atoms. The van der Waals surface area contributed by atoms with Gasteiger partial charge in [0, 0.05) is 12.6 Å². The van der Waals surface area contributed by atoms with Gasteiger partial charge in [-0.05, 0) is 12.1 Å². The van der Waals surface area contributed by atoms with Gasteiger partial charge in [-0.1, -0.05) is 18.1 Å². The average molecular weight is 288 g/mol. The maximum atomic E-state index is 11.5. The Morgan fingerprint density at radius 2 is 2.26 bits per heavy atom. The molecule has 1 rings (SSSR count). The van der Waals surface area contributed by atoms with Crippen molar-refractivity contribution in [2.24, 2.45) is 10.9 Å². The highest BCUT2D eigenvalue weighted by atomic mass is 32.2. The third-order valence-electron chi connectivity index (χ3n) is 1.94. The lowest BCUT2D eigenvalue weighted by atomic mass is 10.3. The summed E-state index contributed by atoms with van der Waals surface area (Å²) in [5, 5.41) is 11.1. The number of rotatable bonds is 7. The van der Waals surface area contributed by atoms with Crippen LogP contribution < -0.4 is 19.9 Å². The average Bonchev–Trinajstić information content (AvgIpc) is 2.35. The lowest BCUT2D eigenvalue weighted by molar-refractivity contribution is 0.306. The smallest absolute Gasteiger partial charge is 0.299 e. The maximum absolute atomic E-state index is 11.5. The molecule has 0 saturated carbocycles. The molecule has 0 radical (unpaired) electrons. The second kappa shape index (κ2) is 6.81.